The Morgan fingerprint density at radius 2 is 1.67 bits per heavy atom. The van der Waals surface area contributed by atoms with Gasteiger partial charge >= 0.3 is 5.97 Å². The molecule has 4 nitrogen and oxygen atoms in total. The van der Waals surface area contributed by atoms with Gasteiger partial charge in [0.15, 0.2) is 0 Å². The third-order valence-electron chi connectivity index (χ3n) is 6.20. The van der Waals surface area contributed by atoms with Crippen molar-refractivity contribution in [3.63, 3.8) is 0 Å². The van der Waals surface area contributed by atoms with Gasteiger partial charge in [0.05, 0.1) is 5.92 Å². The monoisotopic (exact) mass is 457 g/mol. The highest BCUT2D eigenvalue weighted by atomic mass is 32.2. The molecular weight excluding hydrogens is 430 g/mol. The highest BCUT2D eigenvalue weighted by Gasteiger charge is 2.62. The second-order valence-corrected chi connectivity index (χ2v) is 9.87. The summed E-state index contributed by atoms with van der Waals surface area (Å²) in [7, 11) is 0. The van der Waals surface area contributed by atoms with Crippen molar-refractivity contribution >= 4 is 17.7 Å². The van der Waals surface area contributed by atoms with Gasteiger partial charge in [0.25, 0.3) is 0 Å². The van der Waals surface area contributed by atoms with Gasteiger partial charge in [0.1, 0.15) is 17.6 Å². The molecule has 0 aromatic heterocycles. The first-order chi connectivity index (χ1) is 16.0. The zero-order chi connectivity index (χ0) is 23.3. The number of hydrogen-bond donors (Lipinski definition) is 0. The van der Waals surface area contributed by atoms with Crippen LogP contribution in [0.1, 0.15) is 31.1 Å². The SMILES string of the molecule is CC1(C)[C@H](C(=O)OC(C#N)c2cccc(Oc3ccccc3)c2)[C@@H]1CSCc1ccccc1. The average Bonchev–Trinajstić information content (AvgIpc) is 3.39. The van der Waals surface area contributed by atoms with Crippen LogP contribution in [-0.4, -0.2) is 11.7 Å². The molecule has 5 heteroatoms. The minimum atomic E-state index is -0.967. The number of nitriles is 1. The molecule has 0 heterocycles. The summed E-state index contributed by atoms with van der Waals surface area (Å²) >= 11 is 1.83. The van der Waals surface area contributed by atoms with Crippen molar-refractivity contribution in [3.05, 3.63) is 96.1 Å². The minimum absolute atomic E-state index is 0.126. The summed E-state index contributed by atoms with van der Waals surface area (Å²) in [5, 5.41) is 9.70. The summed E-state index contributed by atoms with van der Waals surface area (Å²) in [6.07, 6.45) is -0.967. The number of esters is 1. The second-order valence-electron chi connectivity index (χ2n) is 8.84. The van der Waals surface area contributed by atoms with Gasteiger partial charge in [-0.15, -0.1) is 0 Å². The largest absolute Gasteiger partial charge is 0.457 e. The number of carbonyl (C=O) groups is 1. The number of carbonyl (C=O) groups excluding carboxylic acids is 1. The van der Waals surface area contributed by atoms with E-state index < -0.39 is 6.10 Å². The Bertz CT molecular complexity index is 1120. The van der Waals surface area contributed by atoms with E-state index in [1.165, 1.54) is 5.56 Å². The average molecular weight is 458 g/mol. The number of thioether (sulfide) groups is 1. The fraction of sp³-hybridized carbons (Fsp3) is 0.286. The molecule has 3 aromatic carbocycles. The molecule has 33 heavy (non-hydrogen) atoms. The molecule has 0 bridgehead atoms. The van der Waals surface area contributed by atoms with Crippen LogP contribution in [-0.2, 0) is 15.3 Å². The summed E-state index contributed by atoms with van der Waals surface area (Å²) in [5.41, 5.74) is 1.76. The van der Waals surface area contributed by atoms with Crippen LogP contribution < -0.4 is 4.74 Å². The van der Waals surface area contributed by atoms with E-state index in [9.17, 15) is 10.1 Å². The predicted molar refractivity (Wildman–Crippen MR) is 131 cm³/mol. The molecule has 1 aliphatic rings. The van der Waals surface area contributed by atoms with Crippen molar-refractivity contribution in [1.29, 1.82) is 5.26 Å². The summed E-state index contributed by atoms with van der Waals surface area (Å²) in [6.45, 7) is 4.20. The lowest BCUT2D eigenvalue weighted by Gasteiger charge is -2.13. The first-order valence-electron chi connectivity index (χ1n) is 11.0. The van der Waals surface area contributed by atoms with Crippen molar-refractivity contribution in [1.82, 2.24) is 0 Å². The lowest BCUT2D eigenvalue weighted by Crippen LogP contribution is -2.14. The smallest absolute Gasteiger partial charge is 0.311 e. The fourth-order valence-electron chi connectivity index (χ4n) is 4.13. The zero-order valence-corrected chi connectivity index (χ0v) is 19.6. The number of benzene rings is 3. The topological polar surface area (TPSA) is 59.3 Å². The molecule has 3 aromatic rings. The van der Waals surface area contributed by atoms with E-state index in [1.54, 1.807) is 18.2 Å². The number of ether oxygens (including phenoxy) is 2. The van der Waals surface area contributed by atoms with Crippen molar-refractivity contribution in [2.75, 3.05) is 5.75 Å². The van der Waals surface area contributed by atoms with Crippen LogP contribution in [0.5, 0.6) is 11.5 Å². The molecule has 0 aliphatic heterocycles. The molecular formula is C28H27NO3S. The molecule has 0 radical (unpaired) electrons. The molecule has 0 N–H and O–H groups in total. The van der Waals surface area contributed by atoms with Crippen LogP contribution in [0.15, 0.2) is 84.9 Å². The molecule has 4 rings (SSSR count). The molecule has 0 amide bonds. The van der Waals surface area contributed by atoms with E-state index in [0.717, 1.165) is 11.5 Å². The lowest BCUT2D eigenvalue weighted by atomic mass is 10.1. The predicted octanol–water partition coefficient (Wildman–Crippen LogP) is 6.79. The number of nitrogens with zero attached hydrogens (tertiary/aromatic N) is 1. The normalized spacial score (nSPS) is 19.2. The summed E-state index contributed by atoms with van der Waals surface area (Å²) in [5.74, 6) is 2.86. The van der Waals surface area contributed by atoms with Crippen molar-refractivity contribution < 1.29 is 14.3 Å². The van der Waals surface area contributed by atoms with Crippen LogP contribution in [0, 0.1) is 28.6 Å². The Morgan fingerprint density at radius 1 is 1.00 bits per heavy atom. The lowest BCUT2D eigenvalue weighted by molar-refractivity contribution is -0.149. The second kappa shape index (κ2) is 10.1. The van der Waals surface area contributed by atoms with Crippen LogP contribution >= 0.6 is 11.8 Å². The van der Waals surface area contributed by atoms with Crippen LogP contribution in [0.2, 0.25) is 0 Å². The van der Waals surface area contributed by atoms with E-state index in [-0.39, 0.29) is 23.2 Å². The number of rotatable bonds is 9. The molecule has 1 saturated carbocycles. The number of hydrogen-bond acceptors (Lipinski definition) is 5. The van der Waals surface area contributed by atoms with E-state index in [4.69, 9.17) is 9.47 Å². The van der Waals surface area contributed by atoms with Crippen molar-refractivity contribution in [2.45, 2.75) is 25.7 Å². The summed E-state index contributed by atoms with van der Waals surface area (Å²) in [6, 6.07) is 29.0. The van der Waals surface area contributed by atoms with Gasteiger partial charge in [-0.1, -0.05) is 74.5 Å². The minimum Gasteiger partial charge on any atom is -0.457 e. The van der Waals surface area contributed by atoms with Gasteiger partial charge in [-0.3, -0.25) is 4.79 Å². The fourth-order valence-corrected chi connectivity index (χ4v) is 5.55. The van der Waals surface area contributed by atoms with Gasteiger partial charge in [0, 0.05) is 11.3 Å². The third-order valence-corrected chi connectivity index (χ3v) is 7.34. The third kappa shape index (κ3) is 5.58. The van der Waals surface area contributed by atoms with Crippen LogP contribution in [0.4, 0.5) is 0 Å². The van der Waals surface area contributed by atoms with Gasteiger partial charge in [-0.05, 0) is 46.9 Å². The number of para-hydroxylation sites is 1. The highest BCUT2D eigenvalue weighted by molar-refractivity contribution is 7.98. The van der Waals surface area contributed by atoms with Gasteiger partial charge < -0.3 is 9.47 Å². The molecule has 1 fully saturated rings. The summed E-state index contributed by atoms with van der Waals surface area (Å²) in [4.78, 5) is 13.0. The van der Waals surface area contributed by atoms with Crippen LogP contribution in [0.25, 0.3) is 0 Å². The Morgan fingerprint density at radius 3 is 2.36 bits per heavy atom. The van der Waals surface area contributed by atoms with Gasteiger partial charge in [0.2, 0.25) is 6.10 Å². The van der Waals surface area contributed by atoms with Crippen molar-refractivity contribution in [3.8, 4) is 17.6 Å². The maximum atomic E-state index is 13.0. The zero-order valence-electron chi connectivity index (χ0n) is 18.8. The van der Waals surface area contributed by atoms with Gasteiger partial charge in [-0.25, -0.2) is 0 Å². The highest BCUT2D eigenvalue weighted by Crippen LogP contribution is 2.60. The molecule has 0 spiro atoms. The standard InChI is InChI=1S/C28H27NO3S/c1-28(2)24(19-33-18-20-10-5-3-6-11-20)26(28)27(30)32-25(17-29)21-12-9-15-23(16-21)31-22-13-7-4-8-14-22/h3-16,24-26H,18-19H2,1-2H3/t24-,25?,26-/m0/s1. The van der Waals surface area contributed by atoms with Crippen molar-refractivity contribution in [2.24, 2.45) is 17.3 Å². The van der Waals surface area contributed by atoms with E-state index in [2.05, 4.69) is 32.0 Å². The maximum absolute atomic E-state index is 13.0. The Hall–Kier alpha value is -3.23. The molecule has 0 saturated heterocycles. The van der Waals surface area contributed by atoms with E-state index in [0.29, 0.717) is 17.1 Å². The first kappa shape index (κ1) is 22.9. The van der Waals surface area contributed by atoms with Crippen LogP contribution in [0.3, 0.4) is 0 Å². The Kier molecular flexibility index (Phi) is 7.05. The summed E-state index contributed by atoms with van der Waals surface area (Å²) < 4.78 is 11.5. The molecule has 3 atom stereocenters. The maximum Gasteiger partial charge on any atom is 0.311 e. The van der Waals surface area contributed by atoms with E-state index in [1.807, 2.05) is 66.4 Å². The Balaban J connectivity index is 1.36. The Labute approximate surface area is 199 Å². The molecule has 168 valence electrons. The van der Waals surface area contributed by atoms with Gasteiger partial charge in [-0.2, -0.15) is 17.0 Å². The molecule has 1 unspecified atom stereocenters. The van der Waals surface area contributed by atoms with E-state index >= 15 is 0 Å². The molecule has 1 aliphatic carbocycles. The first-order valence-corrected chi connectivity index (χ1v) is 12.2. The quantitative estimate of drug-likeness (QED) is 0.331.